The van der Waals surface area contributed by atoms with Gasteiger partial charge < -0.3 is 9.84 Å². The van der Waals surface area contributed by atoms with Crippen molar-refractivity contribution in [2.45, 2.75) is 58.2 Å². The normalized spacial score (nSPS) is 21.1. The lowest BCUT2D eigenvalue weighted by atomic mass is 9.97. The minimum atomic E-state index is -0.828. The van der Waals surface area contributed by atoms with Gasteiger partial charge in [-0.05, 0) is 18.8 Å². The molecule has 0 bridgehead atoms. The highest BCUT2D eigenvalue weighted by Gasteiger charge is 2.26. The van der Waals surface area contributed by atoms with Gasteiger partial charge in [0.15, 0.2) is 6.10 Å². The molecule has 82 valence electrons. The van der Waals surface area contributed by atoms with Crippen molar-refractivity contribution >= 4 is 5.97 Å². The van der Waals surface area contributed by atoms with Gasteiger partial charge in [0.25, 0.3) is 0 Å². The lowest BCUT2D eigenvalue weighted by molar-refractivity contribution is -0.159. The predicted octanol–water partition coefficient (Wildman–Crippen LogP) is 2.44. The summed E-state index contributed by atoms with van der Waals surface area (Å²) in [6.45, 7) is 3.78. The number of aliphatic carboxylic acids is 1. The van der Waals surface area contributed by atoms with Crippen LogP contribution in [-0.4, -0.2) is 23.3 Å². The number of ether oxygens (including phenoxy) is 1. The Labute approximate surface area is 85.5 Å². The van der Waals surface area contributed by atoms with E-state index in [9.17, 15) is 4.79 Å². The molecule has 0 aromatic rings. The second kappa shape index (κ2) is 5.35. The van der Waals surface area contributed by atoms with Crippen LogP contribution in [0.15, 0.2) is 0 Å². The molecular formula is C11H20O3. The number of carboxylic acid groups (broad SMARTS) is 1. The van der Waals surface area contributed by atoms with Gasteiger partial charge >= 0.3 is 5.97 Å². The second-order valence-corrected chi connectivity index (χ2v) is 4.40. The molecule has 0 aromatic heterocycles. The molecule has 1 saturated carbocycles. The number of carboxylic acids is 1. The first-order chi connectivity index (χ1) is 6.61. The van der Waals surface area contributed by atoms with E-state index in [1.165, 1.54) is 19.3 Å². The standard InChI is InChI=1S/C11H20O3/c1-8(2)10(11(12)13)14-9-6-4-3-5-7-9/h8-10H,3-7H2,1-2H3,(H,12,13). The summed E-state index contributed by atoms with van der Waals surface area (Å²) in [6, 6.07) is 0. The van der Waals surface area contributed by atoms with Crippen molar-refractivity contribution in [2.24, 2.45) is 5.92 Å². The molecule has 0 spiro atoms. The highest BCUT2D eigenvalue weighted by Crippen LogP contribution is 2.23. The average molecular weight is 200 g/mol. The lowest BCUT2D eigenvalue weighted by Gasteiger charge is -2.27. The Bertz CT molecular complexity index is 183. The summed E-state index contributed by atoms with van der Waals surface area (Å²) in [5.74, 6) is -0.778. The maximum atomic E-state index is 10.9. The molecule has 1 N–H and O–H groups in total. The van der Waals surface area contributed by atoms with Crippen LogP contribution in [0.5, 0.6) is 0 Å². The molecule has 0 heterocycles. The zero-order valence-corrected chi connectivity index (χ0v) is 9.03. The van der Waals surface area contributed by atoms with Gasteiger partial charge in [-0.15, -0.1) is 0 Å². The van der Waals surface area contributed by atoms with Crippen molar-refractivity contribution in [2.75, 3.05) is 0 Å². The van der Waals surface area contributed by atoms with E-state index in [1.54, 1.807) is 0 Å². The van der Waals surface area contributed by atoms with Crippen LogP contribution in [0.4, 0.5) is 0 Å². The van der Waals surface area contributed by atoms with E-state index in [2.05, 4.69) is 0 Å². The molecule has 0 aromatic carbocycles. The zero-order chi connectivity index (χ0) is 10.6. The van der Waals surface area contributed by atoms with Crippen LogP contribution in [0.2, 0.25) is 0 Å². The summed E-state index contributed by atoms with van der Waals surface area (Å²) < 4.78 is 5.61. The number of hydrogen-bond acceptors (Lipinski definition) is 2. The van der Waals surface area contributed by atoms with Gasteiger partial charge in [0.2, 0.25) is 0 Å². The van der Waals surface area contributed by atoms with Crippen molar-refractivity contribution in [3.63, 3.8) is 0 Å². The molecule has 1 fully saturated rings. The summed E-state index contributed by atoms with van der Waals surface area (Å²) in [5, 5.41) is 8.95. The summed E-state index contributed by atoms with van der Waals surface area (Å²) in [4.78, 5) is 10.9. The molecule has 0 aliphatic heterocycles. The fourth-order valence-corrected chi connectivity index (χ4v) is 1.91. The molecule has 1 unspecified atom stereocenters. The number of carbonyl (C=O) groups is 1. The highest BCUT2D eigenvalue weighted by molar-refractivity contribution is 5.72. The molecule has 1 atom stereocenters. The quantitative estimate of drug-likeness (QED) is 0.758. The third-order valence-electron chi connectivity index (χ3n) is 2.74. The monoisotopic (exact) mass is 200 g/mol. The fourth-order valence-electron chi connectivity index (χ4n) is 1.91. The summed E-state index contributed by atoms with van der Waals surface area (Å²) in [7, 11) is 0. The van der Waals surface area contributed by atoms with Crippen LogP contribution in [0.3, 0.4) is 0 Å². The van der Waals surface area contributed by atoms with E-state index in [0.29, 0.717) is 0 Å². The molecule has 0 radical (unpaired) electrons. The van der Waals surface area contributed by atoms with Crippen molar-refractivity contribution < 1.29 is 14.6 Å². The summed E-state index contributed by atoms with van der Waals surface area (Å²) in [5.41, 5.74) is 0. The third kappa shape index (κ3) is 3.29. The molecule has 1 aliphatic rings. The van der Waals surface area contributed by atoms with E-state index < -0.39 is 12.1 Å². The van der Waals surface area contributed by atoms with Crippen molar-refractivity contribution in [3.05, 3.63) is 0 Å². The Kier molecular flexibility index (Phi) is 4.39. The van der Waals surface area contributed by atoms with E-state index in [-0.39, 0.29) is 12.0 Å². The van der Waals surface area contributed by atoms with E-state index in [1.807, 2.05) is 13.8 Å². The highest BCUT2D eigenvalue weighted by atomic mass is 16.5. The van der Waals surface area contributed by atoms with E-state index in [0.717, 1.165) is 12.8 Å². The minimum absolute atomic E-state index is 0.0504. The van der Waals surface area contributed by atoms with Crippen LogP contribution in [0.1, 0.15) is 46.0 Å². The van der Waals surface area contributed by atoms with Gasteiger partial charge in [0, 0.05) is 0 Å². The van der Waals surface area contributed by atoms with E-state index in [4.69, 9.17) is 9.84 Å². The third-order valence-corrected chi connectivity index (χ3v) is 2.74. The maximum absolute atomic E-state index is 10.9. The van der Waals surface area contributed by atoms with Gasteiger partial charge in [-0.2, -0.15) is 0 Å². The molecule has 3 heteroatoms. The summed E-state index contributed by atoms with van der Waals surface area (Å²) >= 11 is 0. The first-order valence-corrected chi connectivity index (χ1v) is 5.49. The average Bonchev–Trinajstić information content (AvgIpc) is 2.15. The summed E-state index contributed by atoms with van der Waals surface area (Å²) in [6.07, 6.45) is 5.21. The lowest BCUT2D eigenvalue weighted by Crippen LogP contribution is -2.34. The smallest absolute Gasteiger partial charge is 0.333 e. The molecule has 1 rings (SSSR count). The Hall–Kier alpha value is -0.570. The van der Waals surface area contributed by atoms with Crippen LogP contribution >= 0.6 is 0 Å². The van der Waals surface area contributed by atoms with Gasteiger partial charge in [-0.1, -0.05) is 33.1 Å². The van der Waals surface area contributed by atoms with Crippen molar-refractivity contribution in [1.29, 1.82) is 0 Å². The molecule has 1 aliphatic carbocycles. The SMILES string of the molecule is CC(C)C(OC1CCCCC1)C(=O)O. The number of rotatable bonds is 4. The van der Waals surface area contributed by atoms with Crippen LogP contribution in [0, 0.1) is 5.92 Å². The Balaban J connectivity index is 2.41. The largest absolute Gasteiger partial charge is 0.479 e. The molecule has 3 nitrogen and oxygen atoms in total. The van der Waals surface area contributed by atoms with Crippen molar-refractivity contribution in [3.8, 4) is 0 Å². The van der Waals surface area contributed by atoms with Gasteiger partial charge in [0.1, 0.15) is 0 Å². The minimum Gasteiger partial charge on any atom is -0.479 e. The van der Waals surface area contributed by atoms with Gasteiger partial charge in [-0.25, -0.2) is 4.79 Å². The Morgan fingerprint density at radius 2 is 1.86 bits per heavy atom. The molecular weight excluding hydrogens is 180 g/mol. The number of hydrogen-bond donors (Lipinski definition) is 1. The first-order valence-electron chi connectivity index (χ1n) is 5.49. The molecule has 0 amide bonds. The fraction of sp³-hybridized carbons (Fsp3) is 0.909. The Morgan fingerprint density at radius 3 is 2.29 bits per heavy atom. The topological polar surface area (TPSA) is 46.5 Å². The zero-order valence-electron chi connectivity index (χ0n) is 9.03. The van der Waals surface area contributed by atoms with Gasteiger partial charge in [0.05, 0.1) is 6.10 Å². The molecule has 14 heavy (non-hydrogen) atoms. The molecule has 0 saturated heterocycles. The van der Waals surface area contributed by atoms with Crippen molar-refractivity contribution in [1.82, 2.24) is 0 Å². The Morgan fingerprint density at radius 1 is 1.29 bits per heavy atom. The van der Waals surface area contributed by atoms with Crippen LogP contribution in [0.25, 0.3) is 0 Å². The predicted molar refractivity (Wildman–Crippen MR) is 54.2 cm³/mol. The maximum Gasteiger partial charge on any atom is 0.333 e. The first kappa shape index (κ1) is 11.5. The van der Waals surface area contributed by atoms with Crippen LogP contribution in [-0.2, 0) is 9.53 Å². The van der Waals surface area contributed by atoms with E-state index >= 15 is 0 Å². The second-order valence-electron chi connectivity index (χ2n) is 4.40. The van der Waals surface area contributed by atoms with Crippen LogP contribution < -0.4 is 0 Å². The van der Waals surface area contributed by atoms with Gasteiger partial charge in [-0.3, -0.25) is 0 Å².